The summed E-state index contributed by atoms with van der Waals surface area (Å²) in [5.74, 6) is 0.248. The Hall–Kier alpha value is -3.63. The Morgan fingerprint density at radius 2 is 2.00 bits per heavy atom. The van der Waals surface area contributed by atoms with Gasteiger partial charge in [0.2, 0.25) is 0 Å². The summed E-state index contributed by atoms with van der Waals surface area (Å²) in [5, 5.41) is 8.03. The molecule has 3 fully saturated rings. The van der Waals surface area contributed by atoms with E-state index in [2.05, 4.69) is 15.4 Å². The Morgan fingerprint density at radius 1 is 1.16 bits per heavy atom. The summed E-state index contributed by atoms with van der Waals surface area (Å²) in [6.45, 7) is 2.56. The lowest BCUT2D eigenvalue weighted by atomic mass is 10.0. The molecule has 0 saturated carbocycles. The molecule has 0 aliphatic carbocycles. The molecule has 37 heavy (non-hydrogen) atoms. The highest BCUT2D eigenvalue weighted by molar-refractivity contribution is 6.30. The predicted molar refractivity (Wildman–Crippen MR) is 133 cm³/mol. The van der Waals surface area contributed by atoms with Crippen LogP contribution in [0.2, 0.25) is 5.02 Å². The van der Waals surface area contributed by atoms with Crippen molar-refractivity contribution >= 4 is 23.6 Å². The van der Waals surface area contributed by atoms with E-state index in [0.29, 0.717) is 56.5 Å². The van der Waals surface area contributed by atoms with Crippen LogP contribution >= 0.6 is 11.6 Å². The third kappa shape index (κ3) is 4.99. The van der Waals surface area contributed by atoms with E-state index < -0.39 is 0 Å². The zero-order chi connectivity index (χ0) is 25.4. The lowest BCUT2D eigenvalue weighted by Gasteiger charge is -2.33. The molecule has 10 nitrogen and oxygen atoms in total. The van der Waals surface area contributed by atoms with E-state index in [9.17, 15) is 9.59 Å². The molecular weight excluding hydrogens is 498 g/mol. The zero-order valence-corrected chi connectivity index (χ0v) is 20.8. The minimum atomic E-state index is -0.307. The van der Waals surface area contributed by atoms with Crippen molar-refractivity contribution in [3.05, 3.63) is 65.2 Å². The first-order valence-corrected chi connectivity index (χ1v) is 12.7. The van der Waals surface area contributed by atoms with Crippen molar-refractivity contribution in [2.75, 3.05) is 26.4 Å². The maximum atomic E-state index is 13.0. The molecule has 3 aliphatic heterocycles. The van der Waals surface area contributed by atoms with E-state index in [1.165, 1.54) is 0 Å². The number of cyclic esters (lactones) is 1. The Labute approximate surface area is 218 Å². The molecule has 3 aromatic rings. The molecule has 0 spiro atoms. The molecule has 1 N–H and O–H groups in total. The number of rotatable bonds is 7. The Bertz CT molecular complexity index is 1310. The molecule has 0 radical (unpaired) electrons. The van der Waals surface area contributed by atoms with E-state index in [4.69, 9.17) is 25.8 Å². The van der Waals surface area contributed by atoms with Crippen LogP contribution in [-0.2, 0) is 16.0 Å². The number of carbonyl (C=O) groups is 2. The topological polar surface area (TPSA) is 108 Å². The number of amides is 2. The van der Waals surface area contributed by atoms with Gasteiger partial charge in [-0.25, -0.2) is 4.79 Å². The lowest BCUT2D eigenvalue weighted by molar-refractivity contribution is -0.0286. The average molecular weight is 524 g/mol. The van der Waals surface area contributed by atoms with E-state index in [1.807, 2.05) is 23.0 Å². The standard InChI is InChI=1S/C26H26ClN5O5/c27-18-3-1-16(2-4-18)9-29-25(33)23-8-24(37-21-5-6-31-19(7-21)15-36-26(31)34)22(11-28-23)17-10-30-32(12-17)20-13-35-14-20/h1-4,8,10-12,19-21H,5-7,9,13-15H2,(H,29,33)/t19-,21-/m0/s1. The van der Waals surface area contributed by atoms with Crippen LogP contribution in [-0.4, -0.2) is 70.2 Å². The van der Waals surface area contributed by atoms with Crippen molar-refractivity contribution in [1.29, 1.82) is 0 Å². The number of ether oxygens (including phenoxy) is 3. The van der Waals surface area contributed by atoms with Gasteiger partial charge >= 0.3 is 6.09 Å². The molecule has 11 heteroatoms. The first kappa shape index (κ1) is 23.7. The molecule has 3 aliphatic rings. The number of fused-ring (bicyclic) bond motifs is 1. The molecule has 2 aromatic heterocycles. The summed E-state index contributed by atoms with van der Waals surface area (Å²) in [4.78, 5) is 31.0. The number of hydrogen-bond acceptors (Lipinski definition) is 7. The Kier molecular flexibility index (Phi) is 6.43. The molecule has 5 heterocycles. The monoisotopic (exact) mass is 523 g/mol. The number of nitrogens with zero attached hydrogens (tertiary/aromatic N) is 4. The number of piperidine rings is 1. The van der Waals surface area contributed by atoms with Gasteiger partial charge in [-0.3, -0.25) is 14.5 Å². The van der Waals surface area contributed by atoms with Crippen LogP contribution in [0.15, 0.2) is 48.9 Å². The fourth-order valence-corrected chi connectivity index (χ4v) is 4.88. The number of carbonyl (C=O) groups excluding carboxylic acids is 2. The van der Waals surface area contributed by atoms with Gasteiger partial charge < -0.3 is 24.4 Å². The SMILES string of the molecule is O=C(NCc1ccc(Cl)cc1)c1cc(O[C@H]2CCN3C(=O)OC[C@@H]3C2)c(-c2cnn(C3COC3)c2)cn1. The molecule has 6 rings (SSSR count). The largest absolute Gasteiger partial charge is 0.489 e. The van der Waals surface area contributed by atoms with E-state index in [1.54, 1.807) is 35.5 Å². The van der Waals surface area contributed by atoms with Crippen LogP contribution in [0.5, 0.6) is 5.75 Å². The Morgan fingerprint density at radius 3 is 2.78 bits per heavy atom. The second-order valence-corrected chi connectivity index (χ2v) is 9.90. The van der Waals surface area contributed by atoms with Gasteiger partial charge in [-0.2, -0.15) is 5.10 Å². The summed E-state index contributed by atoms with van der Waals surface area (Å²) in [7, 11) is 0. The minimum absolute atomic E-state index is 0.0000452. The fourth-order valence-electron chi connectivity index (χ4n) is 4.75. The van der Waals surface area contributed by atoms with Crippen LogP contribution in [0.3, 0.4) is 0 Å². The highest BCUT2D eigenvalue weighted by Crippen LogP contribution is 2.34. The van der Waals surface area contributed by atoms with Gasteiger partial charge in [0.25, 0.3) is 5.91 Å². The highest BCUT2D eigenvalue weighted by Gasteiger charge is 2.39. The maximum absolute atomic E-state index is 13.0. The number of aromatic nitrogens is 3. The molecular formula is C26H26ClN5O5. The van der Waals surface area contributed by atoms with Gasteiger partial charge in [0.1, 0.15) is 24.2 Å². The smallest absolute Gasteiger partial charge is 0.410 e. The maximum Gasteiger partial charge on any atom is 0.410 e. The summed E-state index contributed by atoms with van der Waals surface area (Å²) < 4.78 is 18.8. The minimum Gasteiger partial charge on any atom is -0.489 e. The number of nitrogens with one attached hydrogen (secondary N) is 1. The van der Waals surface area contributed by atoms with Crippen molar-refractivity contribution in [2.45, 2.75) is 37.6 Å². The normalized spacial score (nSPS) is 21.2. The van der Waals surface area contributed by atoms with Crippen LogP contribution < -0.4 is 10.1 Å². The average Bonchev–Trinajstić information content (AvgIpc) is 3.49. The highest BCUT2D eigenvalue weighted by atomic mass is 35.5. The van der Waals surface area contributed by atoms with Gasteiger partial charge in [-0.05, 0) is 17.7 Å². The molecule has 0 bridgehead atoms. The molecule has 192 valence electrons. The van der Waals surface area contributed by atoms with E-state index in [-0.39, 0.29) is 35.9 Å². The second-order valence-electron chi connectivity index (χ2n) is 9.46. The lowest BCUT2D eigenvalue weighted by Crippen LogP contribution is -2.44. The first-order chi connectivity index (χ1) is 18.0. The number of halogens is 1. The quantitative estimate of drug-likeness (QED) is 0.505. The number of pyridine rings is 1. The first-order valence-electron chi connectivity index (χ1n) is 12.3. The van der Waals surface area contributed by atoms with Gasteiger partial charge in [0.15, 0.2) is 0 Å². The molecule has 0 unspecified atom stereocenters. The molecule has 3 saturated heterocycles. The third-order valence-corrected chi connectivity index (χ3v) is 7.22. The van der Waals surface area contributed by atoms with Gasteiger partial charge in [-0.1, -0.05) is 23.7 Å². The van der Waals surface area contributed by atoms with Crippen LogP contribution in [0, 0.1) is 0 Å². The second kappa shape index (κ2) is 10.0. The number of hydrogen-bond donors (Lipinski definition) is 1. The van der Waals surface area contributed by atoms with Crippen LogP contribution in [0.25, 0.3) is 11.1 Å². The summed E-state index contributed by atoms with van der Waals surface area (Å²) in [6, 6.07) is 9.19. The van der Waals surface area contributed by atoms with Gasteiger partial charge in [-0.15, -0.1) is 0 Å². The molecule has 2 amide bonds. The van der Waals surface area contributed by atoms with E-state index in [0.717, 1.165) is 16.7 Å². The summed E-state index contributed by atoms with van der Waals surface area (Å²) in [6.07, 6.45) is 6.31. The van der Waals surface area contributed by atoms with Crippen molar-refractivity contribution < 1.29 is 23.8 Å². The van der Waals surface area contributed by atoms with Crippen LogP contribution in [0.1, 0.15) is 34.9 Å². The predicted octanol–water partition coefficient (Wildman–Crippen LogP) is 3.46. The van der Waals surface area contributed by atoms with Gasteiger partial charge in [0.05, 0.1) is 31.5 Å². The Balaban J connectivity index is 1.23. The van der Waals surface area contributed by atoms with Crippen molar-refractivity contribution in [3.8, 4) is 16.9 Å². The number of benzene rings is 1. The zero-order valence-electron chi connectivity index (χ0n) is 20.0. The van der Waals surface area contributed by atoms with Gasteiger partial charge in [0, 0.05) is 60.5 Å². The van der Waals surface area contributed by atoms with Crippen molar-refractivity contribution in [2.24, 2.45) is 0 Å². The molecule has 1 aromatic carbocycles. The van der Waals surface area contributed by atoms with Crippen molar-refractivity contribution in [1.82, 2.24) is 25.0 Å². The summed E-state index contributed by atoms with van der Waals surface area (Å²) in [5.41, 5.74) is 2.78. The van der Waals surface area contributed by atoms with E-state index >= 15 is 0 Å². The van der Waals surface area contributed by atoms with Crippen LogP contribution in [0.4, 0.5) is 4.79 Å². The summed E-state index contributed by atoms with van der Waals surface area (Å²) >= 11 is 5.95. The fraction of sp³-hybridized carbons (Fsp3) is 0.385. The third-order valence-electron chi connectivity index (χ3n) is 6.97. The molecule has 2 atom stereocenters. The van der Waals surface area contributed by atoms with Crippen molar-refractivity contribution in [3.63, 3.8) is 0 Å².